The van der Waals surface area contributed by atoms with Crippen molar-refractivity contribution in [1.29, 1.82) is 5.26 Å². The van der Waals surface area contributed by atoms with E-state index in [1.807, 2.05) is 6.07 Å². The number of anilines is 4. The van der Waals surface area contributed by atoms with Crippen molar-refractivity contribution < 1.29 is 9.59 Å². The van der Waals surface area contributed by atoms with E-state index in [0.29, 0.717) is 22.8 Å². The van der Waals surface area contributed by atoms with Crippen molar-refractivity contribution in [2.24, 2.45) is 0 Å². The molecular weight excluding hydrogens is 356 g/mol. The first-order valence-corrected chi connectivity index (χ1v) is 8.33. The van der Waals surface area contributed by atoms with E-state index in [1.54, 1.807) is 60.7 Å². The lowest BCUT2D eigenvalue weighted by Gasteiger charge is -2.08. The molecule has 0 aliphatic carbocycles. The molecule has 0 aliphatic rings. The molecule has 1 aromatic heterocycles. The molecule has 0 fully saturated rings. The zero-order valence-electron chi connectivity index (χ0n) is 14.9. The van der Waals surface area contributed by atoms with Gasteiger partial charge in [0.1, 0.15) is 0 Å². The van der Waals surface area contributed by atoms with Gasteiger partial charge in [0, 0.05) is 24.0 Å². The maximum Gasteiger partial charge on any atom is 0.276 e. The standard InChI is InChI=1S/C20H16N6O2/c1-13(27)22-15-5-7-16(8-6-15)23-19-10-9-18(25-26-19)20(28)24-17-4-2-3-14(11-17)12-21/h2-11H,1H3,(H,22,27)(H,23,26)(H,24,28). The summed E-state index contributed by atoms with van der Waals surface area (Å²) in [6, 6.07) is 18.9. The Bertz CT molecular complexity index is 1040. The monoisotopic (exact) mass is 372 g/mol. The number of carbonyl (C=O) groups is 2. The molecule has 0 radical (unpaired) electrons. The topological polar surface area (TPSA) is 120 Å². The molecule has 0 saturated heterocycles. The van der Waals surface area contributed by atoms with Gasteiger partial charge in [-0.15, -0.1) is 10.2 Å². The van der Waals surface area contributed by atoms with Crippen LogP contribution in [0.1, 0.15) is 23.0 Å². The number of hydrogen-bond donors (Lipinski definition) is 3. The maximum absolute atomic E-state index is 12.3. The van der Waals surface area contributed by atoms with Crippen molar-refractivity contribution in [2.75, 3.05) is 16.0 Å². The zero-order valence-corrected chi connectivity index (χ0v) is 14.9. The number of carbonyl (C=O) groups excluding carboxylic acids is 2. The SMILES string of the molecule is CC(=O)Nc1ccc(Nc2ccc(C(=O)Nc3cccc(C#N)c3)nn2)cc1. The molecular formula is C20H16N6O2. The Labute approximate surface area is 161 Å². The smallest absolute Gasteiger partial charge is 0.276 e. The zero-order chi connectivity index (χ0) is 19.9. The van der Waals surface area contributed by atoms with Crippen LogP contribution in [0, 0.1) is 11.3 Å². The lowest BCUT2D eigenvalue weighted by atomic mass is 10.2. The summed E-state index contributed by atoms with van der Waals surface area (Å²) in [4.78, 5) is 23.3. The molecule has 0 saturated carbocycles. The minimum atomic E-state index is -0.422. The number of aromatic nitrogens is 2. The fourth-order valence-corrected chi connectivity index (χ4v) is 2.37. The van der Waals surface area contributed by atoms with Crippen LogP contribution < -0.4 is 16.0 Å². The van der Waals surface area contributed by atoms with Crippen LogP contribution in [-0.2, 0) is 4.79 Å². The number of benzene rings is 2. The normalized spacial score (nSPS) is 9.86. The number of hydrogen-bond acceptors (Lipinski definition) is 6. The van der Waals surface area contributed by atoms with E-state index in [1.165, 1.54) is 6.92 Å². The highest BCUT2D eigenvalue weighted by Gasteiger charge is 2.09. The van der Waals surface area contributed by atoms with Gasteiger partial charge in [0.05, 0.1) is 11.6 Å². The van der Waals surface area contributed by atoms with Gasteiger partial charge in [-0.05, 0) is 54.6 Å². The quantitative estimate of drug-likeness (QED) is 0.632. The number of nitriles is 1. The summed E-state index contributed by atoms with van der Waals surface area (Å²) in [6.45, 7) is 1.44. The van der Waals surface area contributed by atoms with Crippen LogP contribution in [0.5, 0.6) is 0 Å². The van der Waals surface area contributed by atoms with Crippen LogP contribution in [0.2, 0.25) is 0 Å². The lowest BCUT2D eigenvalue weighted by molar-refractivity contribution is -0.114. The summed E-state index contributed by atoms with van der Waals surface area (Å²) in [6.07, 6.45) is 0. The first kappa shape index (κ1) is 18.5. The fraction of sp³-hybridized carbons (Fsp3) is 0.0500. The number of rotatable bonds is 5. The molecule has 8 heteroatoms. The molecule has 0 bridgehead atoms. The Balaban J connectivity index is 1.63. The second-order valence-electron chi connectivity index (χ2n) is 5.83. The third kappa shape index (κ3) is 4.89. The van der Waals surface area contributed by atoms with Crippen molar-refractivity contribution >= 4 is 34.7 Å². The molecule has 138 valence electrons. The van der Waals surface area contributed by atoms with Gasteiger partial charge in [-0.25, -0.2) is 0 Å². The van der Waals surface area contributed by atoms with Crippen LogP contribution in [0.3, 0.4) is 0 Å². The van der Waals surface area contributed by atoms with Crippen molar-refractivity contribution in [3.05, 3.63) is 71.9 Å². The van der Waals surface area contributed by atoms with E-state index < -0.39 is 5.91 Å². The number of amides is 2. The molecule has 0 atom stereocenters. The minimum Gasteiger partial charge on any atom is -0.339 e. The molecule has 1 heterocycles. The van der Waals surface area contributed by atoms with E-state index in [-0.39, 0.29) is 11.6 Å². The summed E-state index contributed by atoms with van der Waals surface area (Å²) in [5.74, 6) is -0.0936. The van der Waals surface area contributed by atoms with E-state index in [0.717, 1.165) is 5.69 Å². The van der Waals surface area contributed by atoms with Gasteiger partial charge < -0.3 is 16.0 Å². The first-order chi connectivity index (χ1) is 13.5. The highest BCUT2D eigenvalue weighted by Crippen LogP contribution is 2.17. The van der Waals surface area contributed by atoms with Crippen molar-refractivity contribution in [3.8, 4) is 6.07 Å². The predicted octanol–water partition coefficient (Wildman–Crippen LogP) is 3.30. The average molecular weight is 372 g/mol. The van der Waals surface area contributed by atoms with Gasteiger partial charge >= 0.3 is 0 Å². The second-order valence-corrected chi connectivity index (χ2v) is 5.83. The Hall–Kier alpha value is -4.25. The van der Waals surface area contributed by atoms with Gasteiger partial charge in [-0.2, -0.15) is 5.26 Å². The van der Waals surface area contributed by atoms with Gasteiger partial charge in [-0.1, -0.05) is 6.07 Å². The molecule has 3 rings (SSSR count). The Kier molecular flexibility index (Phi) is 5.58. The Morgan fingerprint density at radius 2 is 1.64 bits per heavy atom. The van der Waals surface area contributed by atoms with Crippen LogP contribution in [-0.4, -0.2) is 22.0 Å². The summed E-state index contributed by atoms with van der Waals surface area (Å²) in [5, 5.41) is 25.3. The van der Waals surface area contributed by atoms with Gasteiger partial charge in [-0.3, -0.25) is 9.59 Å². The Morgan fingerprint density at radius 3 is 2.29 bits per heavy atom. The Morgan fingerprint density at radius 1 is 0.893 bits per heavy atom. The summed E-state index contributed by atoms with van der Waals surface area (Å²) in [5.41, 5.74) is 2.56. The average Bonchev–Trinajstić information content (AvgIpc) is 2.70. The third-order valence-electron chi connectivity index (χ3n) is 3.62. The molecule has 0 unspecified atom stereocenters. The first-order valence-electron chi connectivity index (χ1n) is 8.33. The van der Waals surface area contributed by atoms with Crippen molar-refractivity contribution in [3.63, 3.8) is 0 Å². The molecule has 8 nitrogen and oxygen atoms in total. The van der Waals surface area contributed by atoms with Crippen LogP contribution in [0.15, 0.2) is 60.7 Å². The fourth-order valence-electron chi connectivity index (χ4n) is 2.37. The van der Waals surface area contributed by atoms with E-state index in [2.05, 4.69) is 26.1 Å². The lowest BCUT2D eigenvalue weighted by Crippen LogP contribution is -2.14. The number of nitrogens with zero attached hydrogens (tertiary/aromatic N) is 3. The number of nitrogens with one attached hydrogen (secondary N) is 3. The van der Waals surface area contributed by atoms with E-state index >= 15 is 0 Å². The van der Waals surface area contributed by atoms with Gasteiger partial charge in [0.15, 0.2) is 11.5 Å². The largest absolute Gasteiger partial charge is 0.339 e. The predicted molar refractivity (Wildman–Crippen MR) is 105 cm³/mol. The van der Waals surface area contributed by atoms with E-state index in [9.17, 15) is 9.59 Å². The molecule has 3 N–H and O–H groups in total. The molecule has 28 heavy (non-hydrogen) atoms. The van der Waals surface area contributed by atoms with Crippen LogP contribution in [0.4, 0.5) is 22.9 Å². The molecule has 3 aromatic rings. The van der Waals surface area contributed by atoms with E-state index in [4.69, 9.17) is 5.26 Å². The highest BCUT2D eigenvalue weighted by molar-refractivity contribution is 6.02. The van der Waals surface area contributed by atoms with Crippen LogP contribution >= 0.6 is 0 Å². The molecule has 0 aliphatic heterocycles. The highest BCUT2D eigenvalue weighted by atomic mass is 16.2. The van der Waals surface area contributed by atoms with Crippen LogP contribution in [0.25, 0.3) is 0 Å². The minimum absolute atomic E-state index is 0.139. The van der Waals surface area contributed by atoms with Crippen molar-refractivity contribution in [1.82, 2.24) is 10.2 Å². The molecule has 2 amide bonds. The summed E-state index contributed by atoms with van der Waals surface area (Å²) in [7, 11) is 0. The molecule has 2 aromatic carbocycles. The third-order valence-corrected chi connectivity index (χ3v) is 3.62. The second kappa shape index (κ2) is 8.42. The summed E-state index contributed by atoms with van der Waals surface area (Å²) < 4.78 is 0. The summed E-state index contributed by atoms with van der Waals surface area (Å²) >= 11 is 0. The van der Waals surface area contributed by atoms with Gasteiger partial charge in [0.2, 0.25) is 5.91 Å². The van der Waals surface area contributed by atoms with Gasteiger partial charge in [0.25, 0.3) is 5.91 Å². The molecule has 0 spiro atoms. The maximum atomic E-state index is 12.3. The van der Waals surface area contributed by atoms with Crippen molar-refractivity contribution in [2.45, 2.75) is 6.92 Å².